The summed E-state index contributed by atoms with van der Waals surface area (Å²) < 4.78 is 2.05. The van der Waals surface area contributed by atoms with Crippen molar-refractivity contribution >= 4 is 38.6 Å². The average Bonchev–Trinajstić information content (AvgIpc) is 2.55. The van der Waals surface area contributed by atoms with Crippen LogP contribution in [0.25, 0.3) is 11.0 Å². The van der Waals surface area contributed by atoms with Gasteiger partial charge in [0.1, 0.15) is 6.54 Å². The van der Waals surface area contributed by atoms with Gasteiger partial charge in [-0.1, -0.05) is 34.1 Å². The first kappa shape index (κ1) is 16.2. The van der Waals surface area contributed by atoms with Gasteiger partial charge in [-0.15, -0.1) is 0 Å². The Hall–Kier alpha value is -2.67. The molecule has 0 aliphatic rings. The molecule has 0 aliphatic heterocycles. The summed E-state index contributed by atoms with van der Waals surface area (Å²) in [6.45, 7) is 1.70. The number of benzene rings is 2. The van der Waals surface area contributed by atoms with E-state index in [1.165, 1.54) is 4.57 Å². The topological polar surface area (TPSA) is 84.0 Å². The van der Waals surface area contributed by atoms with E-state index in [1.807, 2.05) is 13.0 Å². The molecule has 0 spiro atoms. The minimum atomic E-state index is -0.756. The number of amides is 1. The quantitative estimate of drug-likeness (QED) is 0.676. The van der Waals surface area contributed by atoms with Crippen molar-refractivity contribution in [2.24, 2.45) is 0 Å². The van der Waals surface area contributed by atoms with E-state index < -0.39 is 11.1 Å². The van der Waals surface area contributed by atoms with E-state index in [0.29, 0.717) is 16.7 Å². The maximum Gasteiger partial charge on any atom is 0.317 e. The maximum atomic E-state index is 12.3. The second-order valence-corrected chi connectivity index (χ2v) is 6.23. The van der Waals surface area contributed by atoms with Gasteiger partial charge in [0.15, 0.2) is 0 Å². The minimum absolute atomic E-state index is 0.241. The Bertz CT molecular complexity index is 1050. The van der Waals surface area contributed by atoms with Crippen LogP contribution in [0.1, 0.15) is 5.56 Å². The summed E-state index contributed by atoms with van der Waals surface area (Å²) in [6.07, 6.45) is 0. The van der Waals surface area contributed by atoms with E-state index in [9.17, 15) is 14.4 Å². The van der Waals surface area contributed by atoms with Crippen LogP contribution in [0.2, 0.25) is 0 Å². The molecule has 1 amide bonds. The highest BCUT2D eigenvalue weighted by Crippen LogP contribution is 2.20. The largest absolute Gasteiger partial charge is 0.324 e. The number of aromatic nitrogens is 2. The highest BCUT2D eigenvalue weighted by Gasteiger charge is 2.11. The Morgan fingerprint density at radius 1 is 1.21 bits per heavy atom. The normalized spacial score (nSPS) is 10.8. The van der Waals surface area contributed by atoms with Gasteiger partial charge in [-0.2, -0.15) is 0 Å². The average molecular weight is 388 g/mol. The zero-order valence-electron chi connectivity index (χ0n) is 12.8. The van der Waals surface area contributed by atoms with Crippen LogP contribution in [-0.2, 0) is 11.3 Å². The zero-order valence-corrected chi connectivity index (χ0v) is 14.4. The summed E-state index contributed by atoms with van der Waals surface area (Å²) in [5, 5.41) is 2.73. The number of rotatable bonds is 3. The Kier molecular flexibility index (Phi) is 4.35. The van der Waals surface area contributed by atoms with Gasteiger partial charge in [0, 0.05) is 10.2 Å². The summed E-state index contributed by atoms with van der Waals surface area (Å²) in [5.41, 5.74) is 1.16. The van der Waals surface area contributed by atoms with Crippen molar-refractivity contribution in [1.29, 1.82) is 0 Å². The molecular weight excluding hydrogens is 374 g/mol. The van der Waals surface area contributed by atoms with Gasteiger partial charge < -0.3 is 10.3 Å². The molecule has 3 rings (SSSR count). The Labute approximate surface area is 145 Å². The lowest BCUT2D eigenvalue weighted by Gasteiger charge is -2.10. The van der Waals surface area contributed by atoms with Gasteiger partial charge in [-0.3, -0.25) is 19.0 Å². The van der Waals surface area contributed by atoms with E-state index in [1.54, 1.807) is 36.4 Å². The molecule has 7 heteroatoms. The fourth-order valence-electron chi connectivity index (χ4n) is 2.39. The number of halogens is 1. The first-order chi connectivity index (χ1) is 11.5. The van der Waals surface area contributed by atoms with Crippen LogP contribution in [-0.4, -0.2) is 15.5 Å². The monoisotopic (exact) mass is 387 g/mol. The molecule has 0 atom stereocenters. The van der Waals surface area contributed by atoms with Crippen molar-refractivity contribution in [2.45, 2.75) is 13.5 Å². The smallest absolute Gasteiger partial charge is 0.317 e. The lowest BCUT2D eigenvalue weighted by molar-refractivity contribution is -0.116. The number of carbonyl (C=O) groups is 1. The van der Waals surface area contributed by atoms with Crippen LogP contribution >= 0.6 is 15.9 Å². The first-order valence-electron chi connectivity index (χ1n) is 7.23. The first-order valence-corrected chi connectivity index (χ1v) is 8.03. The highest BCUT2D eigenvalue weighted by atomic mass is 79.9. The molecule has 2 aromatic carbocycles. The molecule has 3 aromatic rings. The molecule has 122 valence electrons. The number of nitrogens with zero attached hydrogens (tertiary/aromatic N) is 1. The Balaban J connectivity index is 1.93. The number of para-hydroxylation sites is 2. The lowest BCUT2D eigenvalue weighted by Crippen LogP contribution is -2.38. The van der Waals surface area contributed by atoms with Crippen molar-refractivity contribution in [3.63, 3.8) is 0 Å². The molecule has 6 nitrogen and oxygen atoms in total. The maximum absolute atomic E-state index is 12.3. The third kappa shape index (κ3) is 3.16. The number of hydrogen-bond acceptors (Lipinski definition) is 3. The number of aryl methyl sites for hydroxylation is 1. The minimum Gasteiger partial charge on any atom is -0.324 e. The number of carbonyl (C=O) groups excluding carboxylic acids is 1. The van der Waals surface area contributed by atoms with Crippen molar-refractivity contribution in [2.75, 3.05) is 5.32 Å². The molecule has 0 radical (unpaired) electrons. The predicted octanol–water partition coefficient (Wildman–Crippen LogP) is 2.40. The van der Waals surface area contributed by atoms with Crippen LogP contribution in [0.3, 0.4) is 0 Å². The molecule has 0 unspecified atom stereocenters. The summed E-state index contributed by atoms with van der Waals surface area (Å²) in [7, 11) is 0. The summed E-state index contributed by atoms with van der Waals surface area (Å²) >= 11 is 3.40. The van der Waals surface area contributed by atoms with Crippen LogP contribution in [0.4, 0.5) is 5.69 Å². The summed E-state index contributed by atoms with van der Waals surface area (Å²) in [6, 6.07) is 12.3. The van der Waals surface area contributed by atoms with Crippen LogP contribution < -0.4 is 16.4 Å². The third-order valence-electron chi connectivity index (χ3n) is 3.64. The molecule has 0 fully saturated rings. The van der Waals surface area contributed by atoms with Crippen molar-refractivity contribution in [1.82, 2.24) is 9.55 Å². The van der Waals surface area contributed by atoms with Gasteiger partial charge >= 0.3 is 11.1 Å². The molecule has 1 heterocycles. The van der Waals surface area contributed by atoms with Gasteiger partial charge in [0.05, 0.1) is 11.0 Å². The van der Waals surface area contributed by atoms with E-state index in [4.69, 9.17) is 0 Å². The van der Waals surface area contributed by atoms with Gasteiger partial charge in [0.25, 0.3) is 0 Å². The molecular formula is C17H14BrN3O3. The fraction of sp³-hybridized carbons (Fsp3) is 0.118. The fourth-order valence-corrected chi connectivity index (χ4v) is 2.77. The second-order valence-electron chi connectivity index (χ2n) is 5.37. The van der Waals surface area contributed by atoms with Gasteiger partial charge in [-0.25, -0.2) is 0 Å². The Morgan fingerprint density at radius 2 is 1.96 bits per heavy atom. The summed E-state index contributed by atoms with van der Waals surface area (Å²) in [5.74, 6) is -0.386. The van der Waals surface area contributed by atoms with Crippen LogP contribution in [0, 0.1) is 6.92 Å². The molecule has 0 saturated heterocycles. The number of aromatic amines is 1. The number of H-pyrrole nitrogens is 1. The van der Waals surface area contributed by atoms with Crippen molar-refractivity contribution in [3.05, 3.63) is 73.2 Å². The molecule has 2 N–H and O–H groups in total. The van der Waals surface area contributed by atoms with Crippen LogP contribution in [0.5, 0.6) is 0 Å². The standard InChI is InChI=1S/C17H14BrN3O3/c1-10-6-7-11(8-12(10)18)19-15(22)9-21-14-5-3-2-4-13(14)20-16(23)17(21)24/h2-8H,9H2,1H3,(H,19,22)(H,20,23). The predicted molar refractivity (Wildman–Crippen MR) is 96.3 cm³/mol. The van der Waals surface area contributed by atoms with E-state index >= 15 is 0 Å². The van der Waals surface area contributed by atoms with E-state index in [-0.39, 0.29) is 12.5 Å². The van der Waals surface area contributed by atoms with E-state index in [0.717, 1.165) is 10.0 Å². The van der Waals surface area contributed by atoms with Crippen molar-refractivity contribution in [3.8, 4) is 0 Å². The van der Waals surface area contributed by atoms with Gasteiger partial charge in [0.2, 0.25) is 5.91 Å². The zero-order chi connectivity index (χ0) is 17.3. The SMILES string of the molecule is Cc1ccc(NC(=O)Cn2c(=O)c(=O)[nH]c3ccccc32)cc1Br. The lowest BCUT2D eigenvalue weighted by atomic mass is 10.2. The number of fused-ring (bicyclic) bond motifs is 1. The molecule has 0 aliphatic carbocycles. The molecule has 0 bridgehead atoms. The number of nitrogens with one attached hydrogen (secondary N) is 2. The van der Waals surface area contributed by atoms with Crippen molar-refractivity contribution < 1.29 is 4.79 Å². The molecule has 1 aromatic heterocycles. The number of hydrogen-bond donors (Lipinski definition) is 2. The third-order valence-corrected chi connectivity index (χ3v) is 4.49. The van der Waals surface area contributed by atoms with Crippen LogP contribution in [0.15, 0.2) is 56.5 Å². The highest BCUT2D eigenvalue weighted by molar-refractivity contribution is 9.10. The number of anilines is 1. The molecule has 0 saturated carbocycles. The second kappa shape index (κ2) is 6.45. The molecule has 24 heavy (non-hydrogen) atoms. The Morgan fingerprint density at radius 3 is 2.71 bits per heavy atom. The van der Waals surface area contributed by atoms with E-state index in [2.05, 4.69) is 26.2 Å². The van der Waals surface area contributed by atoms with Gasteiger partial charge in [-0.05, 0) is 36.8 Å². The summed E-state index contributed by atoms with van der Waals surface area (Å²) in [4.78, 5) is 38.6.